The molecule has 0 saturated heterocycles. The molecule has 1 aliphatic heterocycles. The Labute approximate surface area is 176 Å². The highest BCUT2D eigenvalue weighted by Gasteiger charge is 2.38. The zero-order valence-corrected chi connectivity index (χ0v) is 16.7. The molecule has 2 aromatic carbocycles. The Morgan fingerprint density at radius 1 is 1.26 bits per heavy atom. The number of rotatable bonds is 5. The lowest BCUT2D eigenvalue weighted by Crippen LogP contribution is -2.30. The predicted octanol–water partition coefficient (Wildman–Crippen LogP) is 3.84. The highest BCUT2D eigenvalue weighted by molar-refractivity contribution is 5.92. The molecule has 0 radical (unpaired) electrons. The van der Waals surface area contributed by atoms with E-state index in [0.717, 1.165) is 0 Å². The minimum absolute atomic E-state index is 0.0853. The van der Waals surface area contributed by atoms with Crippen molar-refractivity contribution in [3.8, 4) is 11.4 Å². The predicted molar refractivity (Wildman–Crippen MR) is 110 cm³/mol. The minimum Gasteiger partial charge on any atom is -0.463 e. The number of allylic oxidation sites excluding steroid dienone is 1. The fraction of sp³-hybridized carbons (Fsp3) is 0.190. The SMILES string of the molecule is CCOC(=O)C1=C(C)Nc2nc(-c3ccccc3F)nn2C1c1ccccc1[N+](=O)[O-]. The third-order valence-corrected chi connectivity index (χ3v) is 4.89. The number of nitrogens with zero attached hydrogens (tertiary/aromatic N) is 4. The molecule has 2 heterocycles. The molecule has 0 bridgehead atoms. The first kappa shape index (κ1) is 20.2. The number of carbonyl (C=O) groups is 1. The van der Waals surface area contributed by atoms with Gasteiger partial charge in [-0.15, -0.1) is 5.10 Å². The van der Waals surface area contributed by atoms with Gasteiger partial charge in [-0.25, -0.2) is 13.9 Å². The van der Waals surface area contributed by atoms with Gasteiger partial charge in [-0.05, 0) is 32.0 Å². The number of nitro benzene ring substituents is 1. The molecular weight excluding hydrogens is 405 g/mol. The molecule has 0 aliphatic carbocycles. The van der Waals surface area contributed by atoms with Gasteiger partial charge in [-0.3, -0.25) is 10.1 Å². The van der Waals surface area contributed by atoms with E-state index in [4.69, 9.17) is 4.74 Å². The van der Waals surface area contributed by atoms with E-state index in [1.54, 1.807) is 38.1 Å². The summed E-state index contributed by atoms with van der Waals surface area (Å²) in [4.78, 5) is 28.3. The molecule has 1 atom stereocenters. The van der Waals surface area contributed by atoms with Crippen LogP contribution in [-0.4, -0.2) is 32.3 Å². The molecule has 0 spiro atoms. The van der Waals surface area contributed by atoms with E-state index in [2.05, 4.69) is 15.4 Å². The fourth-order valence-corrected chi connectivity index (χ4v) is 3.55. The van der Waals surface area contributed by atoms with Gasteiger partial charge in [-0.1, -0.05) is 24.3 Å². The van der Waals surface area contributed by atoms with Crippen LogP contribution in [0.15, 0.2) is 59.8 Å². The molecule has 1 unspecified atom stereocenters. The van der Waals surface area contributed by atoms with Crippen LogP contribution < -0.4 is 5.32 Å². The monoisotopic (exact) mass is 423 g/mol. The zero-order valence-electron chi connectivity index (χ0n) is 16.7. The van der Waals surface area contributed by atoms with E-state index >= 15 is 0 Å². The number of anilines is 1. The molecule has 31 heavy (non-hydrogen) atoms. The molecule has 0 amide bonds. The first-order chi connectivity index (χ1) is 14.9. The summed E-state index contributed by atoms with van der Waals surface area (Å²) in [6.45, 7) is 3.44. The van der Waals surface area contributed by atoms with Crippen LogP contribution in [0, 0.1) is 15.9 Å². The number of fused-ring (bicyclic) bond motifs is 1. The highest BCUT2D eigenvalue weighted by atomic mass is 19.1. The first-order valence-electron chi connectivity index (χ1n) is 9.52. The lowest BCUT2D eigenvalue weighted by atomic mass is 9.94. The number of para-hydroxylation sites is 1. The second-order valence-electron chi connectivity index (χ2n) is 6.79. The summed E-state index contributed by atoms with van der Waals surface area (Å²) in [7, 11) is 0. The van der Waals surface area contributed by atoms with E-state index in [9.17, 15) is 19.3 Å². The van der Waals surface area contributed by atoms with Crippen molar-refractivity contribution in [1.82, 2.24) is 14.8 Å². The van der Waals surface area contributed by atoms with Crippen LogP contribution in [0.5, 0.6) is 0 Å². The van der Waals surface area contributed by atoms with Crippen LogP contribution in [0.4, 0.5) is 16.0 Å². The van der Waals surface area contributed by atoms with Crippen molar-refractivity contribution < 1.29 is 18.8 Å². The number of aromatic nitrogens is 3. The third kappa shape index (κ3) is 3.52. The van der Waals surface area contributed by atoms with Gasteiger partial charge in [0.05, 0.1) is 28.2 Å². The summed E-state index contributed by atoms with van der Waals surface area (Å²) in [5.41, 5.74) is 0.804. The molecule has 1 N–H and O–H groups in total. The van der Waals surface area contributed by atoms with Gasteiger partial charge in [0, 0.05) is 11.8 Å². The number of esters is 1. The van der Waals surface area contributed by atoms with Gasteiger partial charge in [-0.2, -0.15) is 4.98 Å². The van der Waals surface area contributed by atoms with E-state index in [1.807, 2.05) is 0 Å². The van der Waals surface area contributed by atoms with Crippen LogP contribution in [0.3, 0.4) is 0 Å². The number of benzene rings is 2. The van der Waals surface area contributed by atoms with Crippen molar-refractivity contribution in [3.05, 3.63) is 81.3 Å². The topological polar surface area (TPSA) is 112 Å². The Morgan fingerprint density at radius 3 is 2.68 bits per heavy atom. The van der Waals surface area contributed by atoms with E-state index in [-0.39, 0.29) is 40.8 Å². The Balaban J connectivity index is 1.94. The highest BCUT2D eigenvalue weighted by Crippen LogP contribution is 2.40. The largest absolute Gasteiger partial charge is 0.463 e. The summed E-state index contributed by atoms with van der Waals surface area (Å²) >= 11 is 0. The number of hydrogen-bond donors (Lipinski definition) is 1. The van der Waals surface area contributed by atoms with E-state index in [0.29, 0.717) is 5.70 Å². The molecule has 1 aliphatic rings. The lowest BCUT2D eigenvalue weighted by molar-refractivity contribution is -0.385. The number of hydrogen-bond acceptors (Lipinski definition) is 7. The van der Waals surface area contributed by atoms with Gasteiger partial charge in [0.15, 0.2) is 5.82 Å². The Morgan fingerprint density at radius 2 is 1.97 bits per heavy atom. The zero-order chi connectivity index (χ0) is 22.1. The Bertz CT molecular complexity index is 1220. The maximum absolute atomic E-state index is 14.3. The van der Waals surface area contributed by atoms with Gasteiger partial charge in [0.25, 0.3) is 5.69 Å². The van der Waals surface area contributed by atoms with E-state index < -0.39 is 22.8 Å². The average molecular weight is 423 g/mol. The van der Waals surface area contributed by atoms with Gasteiger partial charge in [0.1, 0.15) is 11.9 Å². The smallest absolute Gasteiger partial charge is 0.338 e. The summed E-state index contributed by atoms with van der Waals surface area (Å²) in [5, 5.41) is 19.1. The molecule has 158 valence electrons. The van der Waals surface area contributed by atoms with Gasteiger partial charge < -0.3 is 10.1 Å². The number of ether oxygens (including phenoxy) is 1. The number of nitro groups is 1. The van der Waals surface area contributed by atoms with Crippen molar-refractivity contribution in [3.63, 3.8) is 0 Å². The maximum Gasteiger partial charge on any atom is 0.338 e. The molecular formula is C21H18FN5O4. The third-order valence-electron chi connectivity index (χ3n) is 4.89. The maximum atomic E-state index is 14.3. The summed E-state index contributed by atoms with van der Waals surface area (Å²) < 4.78 is 20.9. The molecule has 3 aromatic rings. The van der Waals surface area contributed by atoms with Crippen LogP contribution in [0.25, 0.3) is 11.4 Å². The summed E-state index contributed by atoms with van der Waals surface area (Å²) in [6, 6.07) is 11.1. The first-order valence-corrected chi connectivity index (χ1v) is 9.52. The molecule has 9 nitrogen and oxygen atoms in total. The lowest BCUT2D eigenvalue weighted by Gasteiger charge is -2.27. The van der Waals surface area contributed by atoms with Crippen molar-refractivity contribution in [2.75, 3.05) is 11.9 Å². The molecule has 1 aromatic heterocycles. The number of carbonyl (C=O) groups excluding carboxylic acids is 1. The summed E-state index contributed by atoms with van der Waals surface area (Å²) in [6.07, 6.45) is 0. The van der Waals surface area contributed by atoms with E-state index in [1.165, 1.54) is 28.9 Å². The molecule has 4 rings (SSSR count). The molecule has 0 fully saturated rings. The second-order valence-corrected chi connectivity index (χ2v) is 6.79. The van der Waals surface area contributed by atoms with Crippen molar-refractivity contribution in [2.45, 2.75) is 19.9 Å². The van der Waals surface area contributed by atoms with Crippen LogP contribution in [-0.2, 0) is 9.53 Å². The standard InChI is InChI=1S/C21H18FN5O4/c1-3-31-20(28)17-12(2)23-21-24-19(13-8-4-6-10-15(13)22)25-26(21)18(17)14-9-5-7-11-16(14)27(29)30/h4-11,18H,3H2,1-2H3,(H,23,24,25). The second kappa shape index (κ2) is 7.98. The Kier molecular flexibility index (Phi) is 5.20. The summed E-state index contributed by atoms with van der Waals surface area (Å²) in [5.74, 6) is -0.832. The number of nitrogens with one attached hydrogen (secondary N) is 1. The normalized spacial score (nSPS) is 15.3. The van der Waals surface area contributed by atoms with Crippen LogP contribution in [0.2, 0.25) is 0 Å². The minimum atomic E-state index is -0.982. The number of halogens is 1. The molecule has 10 heteroatoms. The van der Waals surface area contributed by atoms with Crippen LogP contribution >= 0.6 is 0 Å². The Hall–Kier alpha value is -4.08. The van der Waals surface area contributed by atoms with Gasteiger partial charge >= 0.3 is 5.97 Å². The van der Waals surface area contributed by atoms with Crippen molar-refractivity contribution in [2.24, 2.45) is 0 Å². The van der Waals surface area contributed by atoms with Crippen molar-refractivity contribution >= 4 is 17.6 Å². The van der Waals surface area contributed by atoms with Gasteiger partial charge in [0.2, 0.25) is 5.95 Å². The fourth-order valence-electron chi connectivity index (χ4n) is 3.55. The van der Waals surface area contributed by atoms with Crippen LogP contribution in [0.1, 0.15) is 25.5 Å². The molecule has 0 saturated carbocycles. The average Bonchev–Trinajstić information content (AvgIpc) is 3.16. The van der Waals surface area contributed by atoms with Crippen molar-refractivity contribution in [1.29, 1.82) is 0 Å². The quantitative estimate of drug-likeness (QED) is 0.377.